The SMILES string of the molecule is CC[CH]Cc1ccc2ccccc2c1. The van der Waals surface area contributed by atoms with Gasteiger partial charge in [0.15, 0.2) is 0 Å². The highest BCUT2D eigenvalue weighted by atomic mass is 14.0. The Kier molecular flexibility index (Phi) is 2.83. The van der Waals surface area contributed by atoms with Crippen LogP contribution in [-0.2, 0) is 6.42 Å². The topological polar surface area (TPSA) is 0 Å². The maximum absolute atomic E-state index is 2.31. The van der Waals surface area contributed by atoms with E-state index in [1.54, 1.807) is 0 Å². The Bertz CT molecular complexity index is 415. The van der Waals surface area contributed by atoms with Crippen molar-refractivity contribution < 1.29 is 0 Å². The zero-order valence-corrected chi connectivity index (χ0v) is 8.53. The number of benzene rings is 2. The molecule has 0 aliphatic rings. The van der Waals surface area contributed by atoms with Crippen LogP contribution in [0.15, 0.2) is 42.5 Å². The van der Waals surface area contributed by atoms with Crippen LogP contribution in [0.5, 0.6) is 0 Å². The van der Waals surface area contributed by atoms with E-state index in [0.717, 1.165) is 12.8 Å². The van der Waals surface area contributed by atoms with Gasteiger partial charge in [-0.05, 0) is 29.2 Å². The van der Waals surface area contributed by atoms with E-state index >= 15 is 0 Å². The molecule has 71 valence electrons. The van der Waals surface area contributed by atoms with Crippen LogP contribution >= 0.6 is 0 Å². The van der Waals surface area contributed by atoms with Gasteiger partial charge >= 0.3 is 0 Å². The van der Waals surface area contributed by atoms with Gasteiger partial charge in [0.25, 0.3) is 0 Å². The maximum Gasteiger partial charge on any atom is -0.0181 e. The standard InChI is InChI=1S/C14H15/c1-2-3-6-12-9-10-13-7-4-5-8-14(13)11-12/h3-5,7-11H,2,6H2,1H3. The Hall–Kier alpha value is -1.30. The highest BCUT2D eigenvalue weighted by Gasteiger charge is 1.95. The van der Waals surface area contributed by atoms with Crippen molar-refractivity contribution >= 4 is 10.8 Å². The third-order valence-electron chi connectivity index (χ3n) is 2.48. The Balaban J connectivity index is 2.32. The van der Waals surface area contributed by atoms with E-state index in [9.17, 15) is 0 Å². The van der Waals surface area contributed by atoms with Gasteiger partial charge in [-0.15, -0.1) is 0 Å². The fourth-order valence-corrected chi connectivity index (χ4v) is 1.68. The van der Waals surface area contributed by atoms with Crippen molar-refractivity contribution in [2.45, 2.75) is 19.8 Å². The summed E-state index contributed by atoms with van der Waals surface area (Å²) in [6.45, 7) is 2.18. The summed E-state index contributed by atoms with van der Waals surface area (Å²) in [5.74, 6) is 0. The zero-order valence-electron chi connectivity index (χ0n) is 8.53. The molecule has 2 aromatic rings. The quantitative estimate of drug-likeness (QED) is 0.674. The highest BCUT2D eigenvalue weighted by molar-refractivity contribution is 5.82. The second kappa shape index (κ2) is 4.28. The Morgan fingerprint density at radius 2 is 1.79 bits per heavy atom. The van der Waals surface area contributed by atoms with Gasteiger partial charge in [0.2, 0.25) is 0 Å². The zero-order chi connectivity index (χ0) is 9.80. The molecule has 2 rings (SSSR count). The van der Waals surface area contributed by atoms with E-state index in [1.807, 2.05) is 0 Å². The van der Waals surface area contributed by atoms with Crippen LogP contribution in [-0.4, -0.2) is 0 Å². The summed E-state index contributed by atoms with van der Waals surface area (Å²) in [6.07, 6.45) is 4.54. The first-order chi connectivity index (χ1) is 6.90. The van der Waals surface area contributed by atoms with E-state index in [2.05, 4.69) is 55.8 Å². The molecule has 2 aromatic carbocycles. The van der Waals surface area contributed by atoms with Gasteiger partial charge in [0.1, 0.15) is 0 Å². The second-order valence-electron chi connectivity index (χ2n) is 3.58. The Labute approximate surface area is 85.6 Å². The fraction of sp³-hybridized carbons (Fsp3) is 0.214. The van der Waals surface area contributed by atoms with Gasteiger partial charge in [-0.2, -0.15) is 0 Å². The number of hydrogen-bond acceptors (Lipinski definition) is 0. The molecule has 0 N–H and O–H groups in total. The minimum absolute atomic E-state index is 1.08. The summed E-state index contributed by atoms with van der Waals surface area (Å²) in [4.78, 5) is 0. The lowest BCUT2D eigenvalue weighted by molar-refractivity contribution is 1.000. The number of unbranched alkanes of at least 4 members (excludes halogenated alkanes) is 1. The van der Waals surface area contributed by atoms with E-state index < -0.39 is 0 Å². The molecular formula is C14H15. The minimum Gasteiger partial charge on any atom is -0.0651 e. The van der Waals surface area contributed by atoms with E-state index in [4.69, 9.17) is 0 Å². The average Bonchev–Trinajstić information content (AvgIpc) is 2.26. The largest absolute Gasteiger partial charge is 0.0651 e. The molecule has 0 heterocycles. The minimum atomic E-state index is 1.08. The van der Waals surface area contributed by atoms with E-state index in [0.29, 0.717) is 0 Å². The van der Waals surface area contributed by atoms with Crippen molar-refractivity contribution in [3.05, 3.63) is 54.4 Å². The Morgan fingerprint density at radius 1 is 1.00 bits per heavy atom. The van der Waals surface area contributed by atoms with Crippen LogP contribution in [0.3, 0.4) is 0 Å². The second-order valence-corrected chi connectivity index (χ2v) is 3.58. The molecular weight excluding hydrogens is 168 g/mol. The van der Waals surface area contributed by atoms with Crippen molar-refractivity contribution in [3.63, 3.8) is 0 Å². The summed E-state index contributed by atoms with van der Waals surface area (Å²) in [5.41, 5.74) is 1.41. The number of fused-ring (bicyclic) bond motifs is 1. The third kappa shape index (κ3) is 1.95. The van der Waals surface area contributed by atoms with Gasteiger partial charge < -0.3 is 0 Å². The molecule has 1 radical (unpaired) electrons. The highest BCUT2D eigenvalue weighted by Crippen LogP contribution is 2.16. The lowest BCUT2D eigenvalue weighted by Crippen LogP contribution is -1.85. The summed E-state index contributed by atoms with van der Waals surface area (Å²) < 4.78 is 0. The fourth-order valence-electron chi connectivity index (χ4n) is 1.68. The first kappa shape index (κ1) is 9.26. The summed E-state index contributed by atoms with van der Waals surface area (Å²) in [7, 11) is 0. The molecule has 0 saturated heterocycles. The molecule has 0 fully saturated rings. The molecule has 0 aliphatic carbocycles. The lowest BCUT2D eigenvalue weighted by Gasteiger charge is -2.02. The van der Waals surface area contributed by atoms with Gasteiger partial charge in [-0.1, -0.05) is 55.8 Å². The molecule has 0 aliphatic heterocycles. The molecule has 14 heavy (non-hydrogen) atoms. The monoisotopic (exact) mass is 183 g/mol. The summed E-state index contributed by atoms with van der Waals surface area (Å²) >= 11 is 0. The maximum atomic E-state index is 2.31. The predicted octanol–water partition coefficient (Wildman–Crippen LogP) is 4.00. The first-order valence-electron chi connectivity index (χ1n) is 5.19. The predicted molar refractivity (Wildman–Crippen MR) is 62.2 cm³/mol. The molecule has 0 bridgehead atoms. The van der Waals surface area contributed by atoms with Gasteiger partial charge in [-0.25, -0.2) is 0 Å². The van der Waals surface area contributed by atoms with Crippen LogP contribution < -0.4 is 0 Å². The molecule has 0 unspecified atom stereocenters. The smallest absolute Gasteiger partial charge is 0.0181 e. The Morgan fingerprint density at radius 3 is 2.57 bits per heavy atom. The van der Waals surface area contributed by atoms with Gasteiger partial charge in [-0.3, -0.25) is 0 Å². The molecule has 0 aromatic heterocycles. The van der Waals surface area contributed by atoms with Crippen molar-refractivity contribution in [1.82, 2.24) is 0 Å². The number of rotatable bonds is 3. The van der Waals surface area contributed by atoms with Gasteiger partial charge in [0, 0.05) is 0 Å². The normalized spacial score (nSPS) is 10.6. The molecule has 0 heteroatoms. The number of hydrogen-bond donors (Lipinski definition) is 0. The van der Waals surface area contributed by atoms with Crippen LogP contribution in [0.4, 0.5) is 0 Å². The first-order valence-corrected chi connectivity index (χ1v) is 5.19. The van der Waals surface area contributed by atoms with Crippen molar-refractivity contribution in [2.75, 3.05) is 0 Å². The molecule has 0 atom stereocenters. The summed E-state index contributed by atoms with van der Waals surface area (Å²) in [6, 6.07) is 15.2. The summed E-state index contributed by atoms with van der Waals surface area (Å²) in [5, 5.41) is 2.67. The third-order valence-corrected chi connectivity index (χ3v) is 2.48. The molecule has 0 spiro atoms. The van der Waals surface area contributed by atoms with Gasteiger partial charge in [0.05, 0.1) is 0 Å². The van der Waals surface area contributed by atoms with Crippen LogP contribution in [0.2, 0.25) is 0 Å². The van der Waals surface area contributed by atoms with Crippen molar-refractivity contribution in [2.24, 2.45) is 0 Å². The molecule has 0 nitrogen and oxygen atoms in total. The van der Waals surface area contributed by atoms with Crippen LogP contribution in [0.25, 0.3) is 10.8 Å². The van der Waals surface area contributed by atoms with Crippen LogP contribution in [0, 0.1) is 6.42 Å². The van der Waals surface area contributed by atoms with Crippen molar-refractivity contribution in [1.29, 1.82) is 0 Å². The van der Waals surface area contributed by atoms with E-state index in [1.165, 1.54) is 16.3 Å². The lowest BCUT2D eigenvalue weighted by atomic mass is 10.0. The molecule has 0 saturated carbocycles. The van der Waals surface area contributed by atoms with Crippen molar-refractivity contribution in [3.8, 4) is 0 Å². The van der Waals surface area contributed by atoms with E-state index in [-0.39, 0.29) is 0 Å². The molecule has 0 amide bonds. The average molecular weight is 183 g/mol. The van der Waals surface area contributed by atoms with Crippen LogP contribution in [0.1, 0.15) is 18.9 Å².